The summed E-state index contributed by atoms with van der Waals surface area (Å²) in [7, 11) is -2.05. The molecule has 0 unspecified atom stereocenters. The fourth-order valence-electron chi connectivity index (χ4n) is 3.22. The number of rotatable bonds is 5. The third kappa shape index (κ3) is 4.56. The Hall–Kier alpha value is -2.54. The van der Waals surface area contributed by atoms with Crippen LogP contribution in [0.25, 0.3) is 5.57 Å². The molecule has 1 heterocycles. The topological polar surface area (TPSA) is 75.6 Å². The average Bonchev–Trinajstić information content (AvgIpc) is 2.80. The first-order chi connectivity index (χ1) is 13.8. The molecule has 1 N–H and O–H groups in total. The van der Waals surface area contributed by atoms with Gasteiger partial charge in [-0.3, -0.25) is 9.79 Å². The molecule has 0 atom stereocenters. The molecule has 0 radical (unpaired) electrons. The highest BCUT2D eigenvalue weighted by Gasteiger charge is 2.22. The SMILES string of the molecule is C=C1/C(=C\C=O)CN=C(c2ccc(C)cc2Cl)c2ccc(CS(=O)(=O)NC)cc21. The van der Waals surface area contributed by atoms with Crippen molar-refractivity contribution < 1.29 is 13.2 Å². The number of aryl methyl sites for hydroxylation is 1. The van der Waals surface area contributed by atoms with Gasteiger partial charge in [0.25, 0.3) is 0 Å². The van der Waals surface area contributed by atoms with Gasteiger partial charge in [-0.05, 0) is 60.0 Å². The number of nitrogens with one attached hydrogen (secondary N) is 1. The Morgan fingerprint density at radius 3 is 2.55 bits per heavy atom. The van der Waals surface area contributed by atoms with E-state index in [9.17, 15) is 13.2 Å². The Labute approximate surface area is 175 Å². The number of hydrogen-bond acceptors (Lipinski definition) is 4. The Morgan fingerprint density at radius 1 is 1.17 bits per heavy atom. The molecular formula is C22H21ClN2O3S. The summed E-state index contributed by atoms with van der Waals surface area (Å²) in [5.74, 6) is -0.158. The normalized spacial score (nSPS) is 15.6. The molecule has 0 aromatic heterocycles. The number of allylic oxidation sites excluding steroid dienone is 1. The molecule has 3 rings (SSSR count). The Bertz CT molecular complexity index is 1160. The minimum absolute atomic E-state index is 0.158. The van der Waals surface area contributed by atoms with Crippen LogP contribution >= 0.6 is 11.6 Å². The van der Waals surface area contributed by atoms with Gasteiger partial charge in [-0.25, -0.2) is 13.1 Å². The summed E-state index contributed by atoms with van der Waals surface area (Å²) < 4.78 is 26.3. The quantitative estimate of drug-likeness (QED) is 0.583. The van der Waals surface area contributed by atoms with E-state index in [2.05, 4.69) is 11.3 Å². The molecule has 29 heavy (non-hydrogen) atoms. The van der Waals surface area contributed by atoms with Gasteiger partial charge in [0.1, 0.15) is 6.29 Å². The van der Waals surface area contributed by atoms with Crippen LogP contribution in [0.5, 0.6) is 0 Å². The lowest BCUT2D eigenvalue weighted by Gasteiger charge is -2.15. The summed E-state index contributed by atoms with van der Waals surface area (Å²) in [5, 5.41) is 0.574. The number of hydrogen-bond donors (Lipinski definition) is 1. The van der Waals surface area contributed by atoms with Crippen molar-refractivity contribution in [2.45, 2.75) is 12.7 Å². The van der Waals surface area contributed by atoms with Gasteiger partial charge in [-0.1, -0.05) is 42.4 Å². The molecule has 0 fully saturated rings. The smallest absolute Gasteiger partial charge is 0.215 e. The number of aliphatic imine (C=N–C) groups is 1. The van der Waals surface area contributed by atoms with Crippen LogP contribution in [-0.4, -0.2) is 34.0 Å². The maximum Gasteiger partial charge on any atom is 0.215 e. The second kappa shape index (κ2) is 8.45. The molecule has 150 valence electrons. The molecule has 1 aliphatic rings. The second-order valence-electron chi connectivity index (χ2n) is 6.80. The first-order valence-electron chi connectivity index (χ1n) is 8.95. The maximum absolute atomic E-state index is 12.0. The monoisotopic (exact) mass is 428 g/mol. The number of fused-ring (bicyclic) bond motifs is 1. The van der Waals surface area contributed by atoms with Gasteiger partial charge >= 0.3 is 0 Å². The van der Waals surface area contributed by atoms with E-state index in [-0.39, 0.29) is 12.3 Å². The fourth-order valence-corrected chi connectivity index (χ4v) is 4.31. The fraction of sp³-hybridized carbons (Fsp3) is 0.182. The standard InChI is InChI=1S/C22H21ClN2O3S/c1-14-4-6-19(21(23)10-14)22-18-7-5-16(13-29(27,28)24-3)11-20(18)15(2)17(8-9-26)12-25-22/h4-11,24H,2,12-13H2,1,3H3/b17-8-. The van der Waals surface area contributed by atoms with Crippen molar-refractivity contribution in [2.75, 3.05) is 13.6 Å². The van der Waals surface area contributed by atoms with Crippen LogP contribution in [0.1, 0.15) is 27.8 Å². The van der Waals surface area contributed by atoms with Crippen molar-refractivity contribution in [3.05, 3.63) is 87.5 Å². The Balaban J connectivity index is 2.21. The zero-order chi connectivity index (χ0) is 21.2. The Kier molecular flexibility index (Phi) is 6.17. The minimum atomic E-state index is -3.43. The average molecular weight is 429 g/mol. The maximum atomic E-state index is 12.0. The molecule has 0 amide bonds. The van der Waals surface area contributed by atoms with Gasteiger partial charge in [-0.2, -0.15) is 0 Å². The highest BCUT2D eigenvalue weighted by molar-refractivity contribution is 7.88. The first-order valence-corrected chi connectivity index (χ1v) is 11.0. The number of aldehydes is 1. The molecule has 7 heteroatoms. The Morgan fingerprint density at radius 2 is 1.90 bits per heavy atom. The third-order valence-corrected chi connectivity index (χ3v) is 6.42. The molecule has 5 nitrogen and oxygen atoms in total. The van der Waals surface area contributed by atoms with E-state index in [4.69, 9.17) is 16.6 Å². The molecular weight excluding hydrogens is 408 g/mol. The summed E-state index contributed by atoms with van der Waals surface area (Å²) >= 11 is 6.49. The summed E-state index contributed by atoms with van der Waals surface area (Å²) in [4.78, 5) is 15.8. The van der Waals surface area contributed by atoms with Crippen LogP contribution in [0.4, 0.5) is 0 Å². The number of benzene rings is 2. The van der Waals surface area contributed by atoms with Crippen LogP contribution in [0.2, 0.25) is 5.02 Å². The molecule has 0 spiro atoms. The number of halogens is 1. The number of nitrogens with zero attached hydrogens (tertiary/aromatic N) is 1. The number of carbonyl (C=O) groups is 1. The molecule has 2 aromatic carbocycles. The van der Waals surface area contributed by atoms with Crippen LogP contribution < -0.4 is 4.72 Å². The van der Waals surface area contributed by atoms with E-state index in [0.29, 0.717) is 33.7 Å². The van der Waals surface area contributed by atoms with Crippen molar-refractivity contribution in [1.82, 2.24) is 4.72 Å². The molecule has 1 aliphatic heterocycles. The van der Waals surface area contributed by atoms with Crippen LogP contribution in [0.3, 0.4) is 0 Å². The summed E-state index contributed by atoms with van der Waals surface area (Å²) in [6.07, 6.45) is 2.14. The summed E-state index contributed by atoms with van der Waals surface area (Å²) in [5.41, 5.74) is 5.94. The van der Waals surface area contributed by atoms with Gasteiger partial charge in [-0.15, -0.1) is 0 Å². The van der Waals surface area contributed by atoms with E-state index < -0.39 is 10.0 Å². The van der Waals surface area contributed by atoms with Gasteiger partial charge in [0.05, 0.1) is 23.0 Å². The van der Waals surface area contributed by atoms with Gasteiger partial charge in [0.2, 0.25) is 10.0 Å². The van der Waals surface area contributed by atoms with E-state index >= 15 is 0 Å². The molecule has 0 bridgehead atoms. The third-order valence-electron chi connectivity index (χ3n) is 4.78. The highest BCUT2D eigenvalue weighted by atomic mass is 35.5. The van der Waals surface area contributed by atoms with Crippen molar-refractivity contribution in [3.63, 3.8) is 0 Å². The zero-order valence-electron chi connectivity index (χ0n) is 16.2. The minimum Gasteiger partial charge on any atom is -0.299 e. The lowest BCUT2D eigenvalue weighted by atomic mass is 9.90. The van der Waals surface area contributed by atoms with Crippen molar-refractivity contribution in [3.8, 4) is 0 Å². The van der Waals surface area contributed by atoms with Crippen LogP contribution in [0, 0.1) is 6.92 Å². The predicted molar refractivity (Wildman–Crippen MR) is 118 cm³/mol. The van der Waals surface area contributed by atoms with Gasteiger partial charge in [0.15, 0.2) is 0 Å². The van der Waals surface area contributed by atoms with E-state index in [1.807, 2.05) is 31.2 Å². The zero-order valence-corrected chi connectivity index (χ0v) is 17.8. The first kappa shape index (κ1) is 21.2. The number of sulfonamides is 1. The molecule has 0 aliphatic carbocycles. The molecule has 0 saturated heterocycles. The second-order valence-corrected chi connectivity index (χ2v) is 9.13. The molecule has 0 saturated carbocycles. The van der Waals surface area contributed by atoms with Crippen molar-refractivity contribution >= 4 is 39.2 Å². The van der Waals surface area contributed by atoms with Crippen molar-refractivity contribution in [1.29, 1.82) is 0 Å². The largest absolute Gasteiger partial charge is 0.299 e. The van der Waals surface area contributed by atoms with Gasteiger partial charge in [0, 0.05) is 11.1 Å². The van der Waals surface area contributed by atoms with Crippen LogP contribution in [-0.2, 0) is 20.6 Å². The number of carbonyl (C=O) groups excluding carboxylic acids is 1. The lowest BCUT2D eigenvalue weighted by molar-refractivity contribution is -0.104. The van der Waals surface area contributed by atoms with E-state index in [0.717, 1.165) is 22.3 Å². The highest BCUT2D eigenvalue weighted by Crippen LogP contribution is 2.33. The summed E-state index contributed by atoms with van der Waals surface area (Å²) in [6, 6.07) is 11.1. The lowest BCUT2D eigenvalue weighted by Crippen LogP contribution is -2.20. The molecule has 2 aromatic rings. The van der Waals surface area contributed by atoms with Crippen molar-refractivity contribution in [2.24, 2.45) is 4.99 Å². The van der Waals surface area contributed by atoms with E-state index in [1.165, 1.54) is 13.1 Å². The van der Waals surface area contributed by atoms with E-state index in [1.54, 1.807) is 12.1 Å². The van der Waals surface area contributed by atoms with Crippen LogP contribution in [0.15, 0.2) is 59.6 Å². The van der Waals surface area contributed by atoms with Gasteiger partial charge < -0.3 is 0 Å². The summed E-state index contributed by atoms with van der Waals surface area (Å²) in [6.45, 7) is 6.37. The predicted octanol–water partition coefficient (Wildman–Crippen LogP) is 3.69.